The second-order valence-corrected chi connectivity index (χ2v) is 13.7. The zero-order valence-electron chi connectivity index (χ0n) is 24.0. The van der Waals surface area contributed by atoms with Crippen LogP contribution < -0.4 is 0 Å². The van der Waals surface area contributed by atoms with E-state index in [9.17, 15) is 53.1 Å². The molecule has 2 aliphatic heterocycles. The van der Waals surface area contributed by atoms with Gasteiger partial charge in [-0.3, -0.25) is 9.59 Å². The van der Waals surface area contributed by atoms with Crippen molar-refractivity contribution in [3.05, 3.63) is 65.0 Å². The Morgan fingerprint density at radius 3 is 2.24 bits per heavy atom. The van der Waals surface area contributed by atoms with E-state index in [4.69, 9.17) is 4.74 Å². The molecule has 252 valence electrons. The molecule has 0 radical (unpaired) electrons. The van der Waals surface area contributed by atoms with Gasteiger partial charge >= 0.3 is 18.0 Å². The molecule has 4 atom stereocenters. The van der Waals surface area contributed by atoms with Crippen LogP contribution in [0, 0.1) is 5.82 Å². The number of likely N-dealkylation sites (tertiary alicyclic amines) is 2. The first-order chi connectivity index (χ1) is 21.3. The van der Waals surface area contributed by atoms with Crippen LogP contribution in [0.4, 0.5) is 39.5 Å². The van der Waals surface area contributed by atoms with Crippen LogP contribution >= 0.6 is 0 Å². The third-order valence-electron chi connectivity index (χ3n) is 9.13. The van der Waals surface area contributed by atoms with Gasteiger partial charge in [-0.25, -0.2) is 21.6 Å². The molecule has 3 aliphatic rings. The summed E-state index contributed by atoms with van der Waals surface area (Å²) >= 11 is 0. The van der Waals surface area contributed by atoms with Gasteiger partial charge in [-0.2, -0.15) is 26.3 Å². The van der Waals surface area contributed by atoms with Gasteiger partial charge in [-0.15, -0.1) is 0 Å². The number of benzene rings is 2. The Hall–Kier alpha value is -3.34. The second kappa shape index (κ2) is 11.4. The highest BCUT2D eigenvalue weighted by Crippen LogP contribution is 2.57. The van der Waals surface area contributed by atoms with Gasteiger partial charge in [0.2, 0.25) is 5.91 Å². The van der Waals surface area contributed by atoms with Crippen LogP contribution in [0.1, 0.15) is 36.0 Å². The van der Waals surface area contributed by atoms with E-state index in [1.165, 1.54) is 7.11 Å². The summed E-state index contributed by atoms with van der Waals surface area (Å²) < 4.78 is 156. The molecule has 2 amide bonds. The third kappa shape index (κ3) is 4.95. The smallest absolute Gasteiger partial charge is 0.383 e. The predicted octanol–water partition coefficient (Wildman–Crippen LogP) is 4.92. The normalized spacial score (nSPS) is 25.5. The van der Waals surface area contributed by atoms with Gasteiger partial charge in [-0.1, -0.05) is 18.2 Å². The van der Waals surface area contributed by atoms with Crippen molar-refractivity contribution in [2.75, 3.05) is 26.8 Å². The Morgan fingerprint density at radius 2 is 1.65 bits per heavy atom. The van der Waals surface area contributed by atoms with E-state index in [0.29, 0.717) is 12.1 Å². The monoisotopic (exact) mass is 686 g/mol. The van der Waals surface area contributed by atoms with Crippen LogP contribution in [0.5, 0.6) is 0 Å². The molecule has 0 aromatic heterocycles. The number of carbonyl (C=O) groups is 2. The summed E-state index contributed by atoms with van der Waals surface area (Å²) in [5.74, 6) is -2.57. The van der Waals surface area contributed by atoms with Crippen LogP contribution in [-0.4, -0.2) is 87.4 Å². The lowest BCUT2D eigenvalue weighted by atomic mass is 9.76. The molecule has 0 N–H and O–H groups in total. The molecular weight excluding hydrogens is 659 g/mol. The lowest BCUT2D eigenvalue weighted by Gasteiger charge is -2.43. The second-order valence-electron chi connectivity index (χ2n) is 11.5. The van der Waals surface area contributed by atoms with Gasteiger partial charge in [0.05, 0.1) is 17.5 Å². The number of carbonyl (C=O) groups excluding carboxylic acids is 2. The fraction of sp³-hybridized carbons (Fsp3) is 0.517. The fourth-order valence-electron chi connectivity index (χ4n) is 6.96. The van der Waals surface area contributed by atoms with Gasteiger partial charge in [0.1, 0.15) is 16.6 Å². The van der Waals surface area contributed by atoms with Crippen molar-refractivity contribution in [2.45, 2.75) is 71.6 Å². The molecular formula is C29H27F9N2O5S. The first-order valence-corrected chi connectivity index (χ1v) is 15.5. The predicted molar refractivity (Wildman–Crippen MR) is 142 cm³/mol. The van der Waals surface area contributed by atoms with Gasteiger partial charge in [0.25, 0.3) is 5.91 Å². The topological polar surface area (TPSA) is 84.0 Å². The number of fused-ring (bicyclic) bond motifs is 3. The summed E-state index contributed by atoms with van der Waals surface area (Å²) in [6, 6.07) is 2.18. The molecule has 1 aliphatic carbocycles. The van der Waals surface area contributed by atoms with Gasteiger partial charge in [0, 0.05) is 32.2 Å². The van der Waals surface area contributed by atoms with E-state index in [1.54, 1.807) is 0 Å². The summed E-state index contributed by atoms with van der Waals surface area (Å²) in [5.41, 5.74) is -8.13. The van der Waals surface area contributed by atoms with Crippen LogP contribution in [0.25, 0.3) is 0 Å². The average Bonchev–Trinajstić information content (AvgIpc) is 3.52. The number of nitrogens with zero attached hydrogens (tertiary/aromatic N) is 2. The maximum atomic E-state index is 15.0. The number of methoxy groups -OCH3 is 1. The van der Waals surface area contributed by atoms with Gasteiger partial charge in [0.15, 0.2) is 16.0 Å². The minimum atomic E-state index is -6.41. The largest absolute Gasteiger partial charge is 0.435 e. The van der Waals surface area contributed by atoms with E-state index in [1.807, 2.05) is 0 Å². The molecule has 0 unspecified atom stereocenters. The maximum Gasteiger partial charge on any atom is 0.435 e. The number of halogens is 9. The zero-order valence-corrected chi connectivity index (χ0v) is 24.8. The summed E-state index contributed by atoms with van der Waals surface area (Å²) in [5, 5.41) is 0. The number of rotatable bonds is 7. The Labute approximate surface area is 257 Å². The number of alkyl halides is 8. The van der Waals surface area contributed by atoms with E-state index < -0.39 is 91.8 Å². The molecule has 2 aromatic rings. The Balaban J connectivity index is 1.65. The fourth-order valence-corrected chi connectivity index (χ4v) is 9.32. The molecule has 7 nitrogen and oxygen atoms in total. The SMILES string of the molecule is COCCN1C(=O)[C@@H](F)C[C@H]1C(=O)N1CC[C@@]2(S(=O)(=O)c3ccc(F)cc3)c3ccc(C(F)(C(F)(F)F)C(F)(F)F)cc3CC[C@@H]12. The maximum absolute atomic E-state index is 15.0. The number of amides is 2. The molecule has 46 heavy (non-hydrogen) atoms. The molecule has 0 spiro atoms. The van der Waals surface area contributed by atoms with E-state index in [2.05, 4.69) is 0 Å². The van der Waals surface area contributed by atoms with E-state index >= 15 is 4.39 Å². The molecule has 17 heteroatoms. The summed E-state index contributed by atoms with van der Waals surface area (Å²) in [7, 11) is -3.39. The molecule has 0 saturated carbocycles. The van der Waals surface area contributed by atoms with Crippen LogP contribution in [0.2, 0.25) is 0 Å². The number of hydrogen-bond donors (Lipinski definition) is 0. The third-order valence-corrected chi connectivity index (χ3v) is 11.7. The first-order valence-electron chi connectivity index (χ1n) is 14.0. The Kier molecular flexibility index (Phi) is 8.44. The highest BCUT2D eigenvalue weighted by Gasteiger charge is 2.74. The van der Waals surface area contributed by atoms with E-state index in [0.717, 1.165) is 34.1 Å². The van der Waals surface area contributed by atoms with E-state index in [-0.39, 0.29) is 49.7 Å². The van der Waals surface area contributed by atoms with Crippen molar-refractivity contribution in [3.63, 3.8) is 0 Å². The quantitative estimate of drug-likeness (QED) is 0.305. The molecule has 0 bridgehead atoms. The lowest BCUT2D eigenvalue weighted by Crippen LogP contribution is -2.55. The van der Waals surface area contributed by atoms with Gasteiger partial charge in [-0.05, 0) is 54.7 Å². The minimum absolute atomic E-state index is 0.0455. The van der Waals surface area contributed by atoms with Crippen molar-refractivity contribution in [3.8, 4) is 0 Å². The number of sulfone groups is 1. The molecule has 2 saturated heterocycles. The summed E-state index contributed by atoms with van der Waals surface area (Å²) in [6.45, 7) is -0.502. The number of ether oxygens (including phenoxy) is 1. The highest BCUT2D eigenvalue weighted by molar-refractivity contribution is 7.92. The Bertz CT molecular complexity index is 1620. The summed E-state index contributed by atoms with van der Waals surface area (Å²) in [4.78, 5) is 28.1. The summed E-state index contributed by atoms with van der Waals surface area (Å²) in [6.07, 6.45) is -16.4. The zero-order chi connectivity index (χ0) is 34.0. The standard InChI is InChI=1S/C29H27F9N2O5S/c1-45-13-12-39-22(15-21(31)24(39)41)25(42)40-11-10-26(46(43,44)19-6-4-18(30)5-7-19)20-8-3-17(14-16(20)2-9-23(26)40)27(32,28(33,34)35)29(36,37)38/h3-8,14,21-23H,2,9-13,15H2,1H3/t21-,22-,23+,26+/m0/s1. The van der Waals surface area contributed by atoms with Crippen LogP contribution in [-0.2, 0) is 41.0 Å². The van der Waals surface area contributed by atoms with Gasteiger partial charge < -0.3 is 14.5 Å². The average molecular weight is 687 g/mol. The lowest BCUT2D eigenvalue weighted by molar-refractivity contribution is -0.348. The number of aryl methyl sites for hydroxylation is 1. The molecule has 2 aromatic carbocycles. The molecule has 2 fully saturated rings. The minimum Gasteiger partial charge on any atom is -0.383 e. The van der Waals surface area contributed by atoms with Crippen molar-refractivity contribution >= 4 is 21.7 Å². The van der Waals surface area contributed by atoms with Crippen molar-refractivity contribution < 1.29 is 62.3 Å². The molecule has 5 rings (SSSR count). The molecule has 2 heterocycles. The highest BCUT2D eigenvalue weighted by atomic mass is 32.2. The Morgan fingerprint density at radius 1 is 1.02 bits per heavy atom. The number of hydrogen-bond acceptors (Lipinski definition) is 5. The van der Waals surface area contributed by atoms with Crippen molar-refractivity contribution in [1.82, 2.24) is 9.80 Å². The van der Waals surface area contributed by atoms with Crippen molar-refractivity contribution in [2.24, 2.45) is 0 Å². The van der Waals surface area contributed by atoms with Crippen LogP contribution in [0.3, 0.4) is 0 Å². The first kappa shape index (κ1) is 34.0. The van der Waals surface area contributed by atoms with Crippen molar-refractivity contribution in [1.29, 1.82) is 0 Å². The van der Waals surface area contributed by atoms with Crippen LogP contribution in [0.15, 0.2) is 47.4 Å².